The van der Waals surface area contributed by atoms with Crippen molar-refractivity contribution in [2.75, 3.05) is 20.2 Å². The molecule has 1 amide bonds. The zero-order valence-corrected chi connectivity index (χ0v) is 14.5. The van der Waals surface area contributed by atoms with Crippen molar-refractivity contribution in [1.82, 2.24) is 4.90 Å². The van der Waals surface area contributed by atoms with Crippen LogP contribution < -0.4 is 4.74 Å². The standard InChI is InChI=1S/C16H20BrNO5/c1-23-13-4-2-11(10-12(13)17)3-5-14(19)18-8-6-16(22,7-9-18)15(20)21/h2,4,10,22H,3,5-9H2,1H3,(H,20,21). The Bertz CT molecular complexity index is 596. The van der Waals surface area contributed by atoms with E-state index in [4.69, 9.17) is 9.84 Å². The molecule has 0 unspecified atom stereocenters. The summed E-state index contributed by atoms with van der Waals surface area (Å²) in [6.45, 7) is 0.544. The molecule has 1 aliphatic heterocycles. The van der Waals surface area contributed by atoms with Gasteiger partial charge in [0.25, 0.3) is 0 Å². The summed E-state index contributed by atoms with van der Waals surface area (Å²) in [5.74, 6) is -0.499. The highest BCUT2D eigenvalue weighted by Crippen LogP contribution is 2.26. The number of carboxylic acids is 1. The maximum absolute atomic E-state index is 12.2. The molecule has 0 bridgehead atoms. The summed E-state index contributed by atoms with van der Waals surface area (Å²) in [6.07, 6.45) is 1.09. The Morgan fingerprint density at radius 3 is 2.52 bits per heavy atom. The van der Waals surface area contributed by atoms with E-state index in [9.17, 15) is 14.7 Å². The number of nitrogens with zero attached hydrogens (tertiary/aromatic N) is 1. The summed E-state index contributed by atoms with van der Waals surface area (Å²) in [6, 6.07) is 5.68. The average molecular weight is 386 g/mol. The Labute approximate surface area is 143 Å². The molecule has 0 aromatic heterocycles. The molecule has 0 aliphatic carbocycles. The number of hydrogen-bond donors (Lipinski definition) is 2. The normalized spacial score (nSPS) is 16.9. The molecule has 0 spiro atoms. The van der Waals surface area contributed by atoms with Crippen LogP contribution in [0.1, 0.15) is 24.8 Å². The first-order chi connectivity index (χ1) is 10.9. The van der Waals surface area contributed by atoms with Crippen LogP contribution in [0.15, 0.2) is 22.7 Å². The molecule has 7 heteroatoms. The SMILES string of the molecule is COc1ccc(CCC(=O)N2CCC(O)(C(=O)O)CC2)cc1Br. The fourth-order valence-electron chi connectivity index (χ4n) is 2.61. The van der Waals surface area contributed by atoms with Crippen LogP contribution in [0.2, 0.25) is 0 Å². The van der Waals surface area contributed by atoms with Crippen molar-refractivity contribution in [2.24, 2.45) is 0 Å². The molecular formula is C16H20BrNO5. The topological polar surface area (TPSA) is 87.1 Å². The Balaban J connectivity index is 1.86. The molecule has 1 saturated heterocycles. The smallest absolute Gasteiger partial charge is 0.335 e. The third kappa shape index (κ3) is 4.23. The number of likely N-dealkylation sites (tertiary alicyclic amines) is 1. The first kappa shape index (κ1) is 17.7. The van der Waals surface area contributed by atoms with Gasteiger partial charge in [0.2, 0.25) is 5.91 Å². The minimum atomic E-state index is -1.70. The van der Waals surface area contributed by atoms with Gasteiger partial charge in [0, 0.05) is 32.4 Å². The number of rotatable bonds is 5. The summed E-state index contributed by atoms with van der Waals surface area (Å²) in [5.41, 5.74) is -0.678. The van der Waals surface area contributed by atoms with Gasteiger partial charge >= 0.3 is 5.97 Å². The third-order valence-corrected chi connectivity index (χ3v) is 4.80. The molecule has 6 nitrogen and oxygen atoms in total. The monoisotopic (exact) mass is 385 g/mol. The quantitative estimate of drug-likeness (QED) is 0.807. The van der Waals surface area contributed by atoms with Crippen LogP contribution in [0.25, 0.3) is 0 Å². The molecule has 2 rings (SSSR count). The number of methoxy groups -OCH3 is 1. The lowest BCUT2D eigenvalue weighted by Crippen LogP contribution is -2.50. The van der Waals surface area contributed by atoms with Crippen molar-refractivity contribution in [2.45, 2.75) is 31.3 Å². The minimum absolute atomic E-state index is 0.0237. The van der Waals surface area contributed by atoms with Crippen molar-refractivity contribution in [3.8, 4) is 5.75 Å². The molecule has 1 aromatic rings. The second-order valence-corrected chi connectivity index (χ2v) is 6.54. The molecule has 1 aliphatic rings. The highest BCUT2D eigenvalue weighted by Gasteiger charge is 2.40. The Hall–Kier alpha value is -1.60. The van der Waals surface area contributed by atoms with E-state index in [0.717, 1.165) is 15.8 Å². The van der Waals surface area contributed by atoms with Gasteiger partial charge in [0.1, 0.15) is 5.75 Å². The first-order valence-electron chi connectivity index (χ1n) is 7.42. The number of aliphatic hydroxyl groups is 1. The Morgan fingerprint density at radius 2 is 2.00 bits per heavy atom. The van der Waals surface area contributed by atoms with Crippen LogP contribution in [-0.4, -0.2) is 52.8 Å². The van der Waals surface area contributed by atoms with Crippen LogP contribution in [-0.2, 0) is 16.0 Å². The van der Waals surface area contributed by atoms with Crippen LogP contribution >= 0.6 is 15.9 Å². The van der Waals surface area contributed by atoms with Gasteiger partial charge < -0.3 is 19.8 Å². The van der Waals surface area contributed by atoms with Gasteiger partial charge in [-0.2, -0.15) is 0 Å². The number of carboxylic acid groups (broad SMARTS) is 1. The lowest BCUT2D eigenvalue weighted by Gasteiger charge is -2.35. The zero-order valence-electron chi connectivity index (χ0n) is 12.9. The van der Waals surface area contributed by atoms with E-state index in [-0.39, 0.29) is 31.8 Å². The number of aliphatic carboxylic acids is 1. The summed E-state index contributed by atoms with van der Waals surface area (Å²) in [4.78, 5) is 24.8. The number of piperidine rings is 1. The summed E-state index contributed by atoms with van der Waals surface area (Å²) in [7, 11) is 1.60. The zero-order chi connectivity index (χ0) is 17.0. The van der Waals surface area contributed by atoms with Crippen LogP contribution in [0.3, 0.4) is 0 Å². The second-order valence-electron chi connectivity index (χ2n) is 5.69. The maximum Gasteiger partial charge on any atom is 0.335 e. The van der Waals surface area contributed by atoms with Crippen molar-refractivity contribution >= 4 is 27.8 Å². The predicted molar refractivity (Wildman–Crippen MR) is 87.4 cm³/mol. The van der Waals surface area contributed by atoms with Gasteiger partial charge in [-0.15, -0.1) is 0 Å². The fourth-order valence-corrected chi connectivity index (χ4v) is 3.20. The van der Waals surface area contributed by atoms with E-state index in [1.54, 1.807) is 12.0 Å². The summed E-state index contributed by atoms with van der Waals surface area (Å²) >= 11 is 3.41. The van der Waals surface area contributed by atoms with E-state index in [2.05, 4.69) is 15.9 Å². The Kier molecular flexibility index (Phi) is 5.64. The second kappa shape index (κ2) is 7.31. The number of benzene rings is 1. The first-order valence-corrected chi connectivity index (χ1v) is 8.21. The van der Waals surface area contributed by atoms with Gasteiger partial charge in [0.05, 0.1) is 11.6 Å². The van der Waals surface area contributed by atoms with Gasteiger partial charge in [-0.1, -0.05) is 6.07 Å². The van der Waals surface area contributed by atoms with Crippen LogP contribution in [0, 0.1) is 0 Å². The predicted octanol–water partition coefficient (Wildman–Crippen LogP) is 1.83. The number of carbonyl (C=O) groups excluding carboxylic acids is 1. The largest absolute Gasteiger partial charge is 0.496 e. The molecule has 1 aromatic carbocycles. The third-order valence-electron chi connectivity index (χ3n) is 4.19. The molecule has 1 heterocycles. The lowest BCUT2D eigenvalue weighted by molar-refractivity contribution is -0.165. The number of halogens is 1. The van der Waals surface area contributed by atoms with Crippen molar-refractivity contribution < 1.29 is 24.5 Å². The van der Waals surface area contributed by atoms with Crippen LogP contribution in [0.5, 0.6) is 5.75 Å². The van der Waals surface area contributed by atoms with Crippen LogP contribution in [0.4, 0.5) is 0 Å². The van der Waals surface area contributed by atoms with Gasteiger partial charge in [-0.3, -0.25) is 4.79 Å². The van der Waals surface area contributed by atoms with Gasteiger partial charge in [-0.25, -0.2) is 4.79 Å². The van der Waals surface area contributed by atoms with E-state index >= 15 is 0 Å². The molecular weight excluding hydrogens is 366 g/mol. The highest BCUT2D eigenvalue weighted by atomic mass is 79.9. The maximum atomic E-state index is 12.2. The molecule has 0 saturated carbocycles. The van der Waals surface area contributed by atoms with Crippen molar-refractivity contribution in [3.63, 3.8) is 0 Å². The lowest BCUT2D eigenvalue weighted by atomic mass is 9.91. The average Bonchev–Trinajstić information content (AvgIpc) is 2.53. The molecule has 2 N–H and O–H groups in total. The molecule has 0 atom stereocenters. The molecule has 0 radical (unpaired) electrons. The van der Waals surface area contributed by atoms with E-state index in [1.165, 1.54) is 0 Å². The van der Waals surface area contributed by atoms with Crippen molar-refractivity contribution in [1.29, 1.82) is 0 Å². The Morgan fingerprint density at radius 1 is 1.35 bits per heavy atom. The van der Waals surface area contributed by atoms with Gasteiger partial charge in [0.15, 0.2) is 5.60 Å². The number of amides is 1. The molecule has 126 valence electrons. The van der Waals surface area contributed by atoms with Gasteiger partial charge in [-0.05, 0) is 40.0 Å². The summed E-state index contributed by atoms with van der Waals surface area (Å²) in [5, 5.41) is 18.9. The van der Waals surface area contributed by atoms with Crippen molar-refractivity contribution in [3.05, 3.63) is 28.2 Å². The number of hydrogen-bond acceptors (Lipinski definition) is 4. The van der Waals surface area contributed by atoms with E-state index in [1.807, 2.05) is 18.2 Å². The number of aryl methyl sites for hydroxylation is 1. The van der Waals surface area contributed by atoms with E-state index in [0.29, 0.717) is 12.8 Å². The fraction of sp³-hybridized carbons (Fsp3) is 0.500. The highest BCUT2D eigenvalue weighted by molar-refractivity contribution is 9.10. The summed E-state index contributed by atoms with van der Waals surface area (Å²) < 4.78 is 6.01. The minimum Gasteiger partial charge on any atom is -0.496 e. The number of ether oxygens (including phenoxy) is 1. The molecule has 23 heavy (non-hydrogen) atoms. The van der Waals surface area contributed by atoms with E-state index < -0.39 is 11.6 Å². The molecule has 1 fully saturated rings. The number of carbonyl (C=O) groups is 2.